The summed E-state index contributed by atoms with van der Waals surface area (Å²) in [5.74, 6) is -0.0448. The number of carbonyl (C=O) groups is 2. The summed E-state index contributed by atoms with van der Waals surface area (Å²) in [6, 6.07) is 5.89. The Morgan fingerprint density at radius 1 is 1.15 bits per heavy atom. The fourth-order valence-corrected chi connectivity index (χ4v) is 4.28. The first-order valence-corrected chi connectivity index (χ1v) is 11.8. The topological polar surface area (TPSA) is 70.9 Å². The van der Waals surface area contributed by atoms with E-state index in [4.69, 9.17) is 16.3 Å². The van der Waals surface area contributed by atoms with Crippen molar-refractivity contribution < 1.29 is 14.3 Å². The molecule has 0 saturated carbocycles. The van der Waals surface area contributed by atoms with E-state index in [1.165, 1.54) is 7.11 Å². The van der Waals surface area contributed by atoms with E-state index in [2.05, 4.69) is 23.7 Å². The number of hydrogen-bond donors (Lipinski definition) is 0. The molecule has 9 heteroatoms. The minimum Gasteiger partial charge on any atom is -0.375 e. The van der Waals surface area contributed by atoms with Crippen molar-refractivity contribution in [2.24, 2.45) is 0 Å². The molecular formula is C24H34ClN5O3. The van der Waals surface area contributed by atoms with E-state index < -0.39 is 0 Å². The van der Waals surface area contributed by atoms with Crippen LogP contribution in [0.15, 0.2) is 36.9 Å². The summed E-state index contributed by atoms with van der Waals surface area (Å²) in [4.78, 5) is 36.3. The number of imidazole rings is 1. The van der Waals surface area contributed by atoms with E-state index in [9.17, 15) is 9.59 Å². The molecule has 2 aromatic rings. The molecule has 0 spiro atoms. The predicted molar refractivity (Wildman–Crippen MR) is 129 cm³/mol. The Morgan fingerprint density at radius 2 is 1.97 bits per heavy atom. The van der Waals surface area contributed by atoms with Crippen LogP contribution >= 0.6 is 11.6 Å². The lowest BCUT2D eigenvalue weighted by Crippen LogP contribution is -2.41. The normalized spacial score (nSPS) is 15.9. The molecule has 2 amide bonds. The highest BCUT2D eigenvalue weighted by Crippen LogP contribution is 2.28. The number of fused-ring (bicyclic) bond motifs is 1. The molecule has 0 unspecified atom stereocenters. The van der Waals surface area contributed by atoms with Crippen LogP contribution in [-0.2, 0) is 27.4 Å². The maximum absolute atomic E-state index is 13.3. The molecule has 0 saturated heterocycles. The molecule has 0 fully saturated rings. The molecule has 1 aliphatic rings. The number of aryl methyl sites for hydroxylation is 1. The van der Waals surface area contributed by atoms with E-state index >= 15 is 0 Å². The molecule has 0 N–H and O–H groups in total. The predicted octanol–water partition coefficient (Wildman–Crippen LogP) is 3.05. The minimum atomic E-state index is -0.116. The highest BCUT2D eigenvalue weighted by atomic mass is 35.5. The Labute approximate surface area is 201 Å². The molecule has 1 aromatic heterocycles. The van der Waals surface area contributed by atoms with Crippen molar-refractivity contribution in [2.75, 3.05) is 44.8 Å². The molecule has 0 aliphatic carbocycles. The van der Waals surface area contributed by atoms with Crippen molar-refractivity contribution in [2.45, 2.75) is 45.8 Å². The lowest BCUT2D eigenvalue weighted by atomic mass is 10.1. The number of anilines is 1. The standard InChI is InChI=1S/C24H34ClN5O3/c1-19(2)28-9-4-10-30(24(32)17-33-3)22-15-21(25)6-5-20(22)16-29(14-13-28)23(31)7-11-27-12-8-26-18-27/h5-6,8,12,15,18-19H,4,7,9-11,13-14,16-17H2,1-3H3. The van der Waals surface area contributed by atoms with Gasteiger partial charge >= 0.3 is 0 Å². The number of halogens is 1. The second-order valence-electron chi connectivity index (χ2n) is 8.60. The molecule has 33 heavy (non-hydrogen) atoms. The molecule has 2 heterocycles. The lowest BCUT2D eigenvalue weighted by molar-refractivity contribution is -0.132. The first-order valence-electron chi connectivity index (χ1n) is 11.4. The zero-order valence-electron chi connectivity index (χ0n) is 19.7. The van der Waals surface area contributed by atoms with E-state index in [0.717, 1.165) is 30.8 Å². The number of aromatic nitrogens is 2. The average molecular weight is 476 g/mol. The Hall–Kier alpha value is -2.42. The van der Waals surface area contributed by atoms with Crippen LogP contribution < -0.4 is 4.90 Å². The van der Waals surface area contributed by atoms with E-state index in [1.807, 2.05) is 33.9 Å². The van der Waals surface area contributed by atoms with E-state index in [1.54, 1.807) is 17.4 Å². The van der Waals surface area contributed by atoms with Gasteiger partial charge in [-0.25, -0.2) is 4.98 Å². The van der Waals surface area contributed by atoms with Gasteiger partial charge in [-0.3, -0.25) is 14.5 Å². The number of carbonyl (C=O) groups excluding carboxylic acids is 2. The molecule has 0 radical (unpaired) electrons. The molecule has 1 aromatic carbocycles. The smallest absolute Gasteiger partial charge is 0.252 e. The lowest BCUT2D eigenvalue weighted by Gasteiger charge is -2.30. The highest BCUT2D eigenvalue weighted by Gasteiger charge is 2.24. The summed E-state index contributed by atoms with van der Waals surface area (Å²) >= 11 is 6.33. The molecule has 1 aliphatic heterocycles. The Kier molecular flexibility index (Phi) is 9.29. The van der Waals surface area contributed by atoms with Gasteiger partial charge in [-0.05, 0) is 38.0 Å². The van der Waals surface area contributed by atoms with Crippen LogP contribution in [0.3, 0.4) is 0 Å². The van der Waals surface area contributed by atoms with Crippen LogP contribution in [0.1, 0.15) is 32.3 Å². The van der Waals surface area contributed by atoms with Crippen LogP contribution in [0.5, 0.6) is 0 Å². The summed E-state index contributed by atoms with van der Waals surface area (Å²) < 4.78 is 7.04. The maximum atomic E-state index is 13.3. The van der Waals surface area contributed by atoms with Gasteiger partial charge in [-0.15, -0.1) is 0 Å². The zero-order valence-corrected chi connectivity index (χ0v) is 20.5. The van der Waals surface area contributed by atoms with Gasteiger partial charge in [0.25, 0.3) is 5.91 Å². The fourth-order valence-electron chi connectivity index (χ4n) is 4.11. The van der Waals surface area contributed by atoms with Crippen LogP contribution in [0, 0.1) is 0 Å². The largest absolute Gasteiger partial charge is 0.375 e. The molecule has 0 atom stereocenters. The second kappa shape index (κ2) is 12.2. The van der Waals surface area contributed by atoms with Gasteiger partial charge in [0.15, 0.2) is 0 Å². The Balaban J connectivity index is 1.91. The van der Waals surface area contributed by atoms with Gasteiger partial charge in [0.2, 0.25) is 5.91 Å². The average Bonchev–Trinajstić information content (AvgIpc) is 3.29. The van der Waals surface area contributed by atoms with Gasteiger partial charge in [0.1, 0.15) is 6.61 Å². The summed E-state index contributed by atoms with van der Waals surface area (Å²) in [6.07, 6.45) is 6.49. The third-order valence-electron chi connectivity index (χ3n) is 5.98. The van der Waals surface area contributed by atoms with Gasteiger partial charge in [0, 0.05) is 76.3 Å². The van der Waals surface area contributed by atoms with Crippen LogP contribution in [-0.4, -0.2) is 77.1 Å². The van der Waals surface area contributed by atoms with Gasteiger partial charge in [-0.1, -0.05) is 17.7 Å². The molecule has 0 bridgehead atoms. The molecule has 180 valence electrons. The summed E-state index contributed by atoms with van der Waals surface area (Å²) in [7, 11) is 1.52. The second-order valence-corrected chi connectivity index (χ2v) is 9.04. The summed E-state index contributed by atoms with van der Waals surface area (Å²) in [5, 5.41) is 0.556. The number of rotatable bonds is 6. The van der Waals surface area contributed by atoms with Crippen molar-refractivity contribution in [1.29, 1.82) is 0 Å². The van der Waals surface area contributed by atoms with Crippen LogP contribution in [0.25, 0.3) is 0 Å². The number of hydrogen-bond acceptors (Lipinski definition) is 5. The minimum absolute atomic E-state index is 0.00655. The maximum Gasteiger partial charge on any atom is 0.252 e. The SMILES string of the molecule is COCC(=O)N1CCCN(C(C)C)CCN(C(=O)CCn2ccnc2)Cc2ccc(Cl)cc21. The summed E-state index contributed by atoms with van der Waals surface area (Å²) in [6.45, 7) is 8.11. The number of benzene rings is 1. The van der Waals surface area contributed by atoms with Crippen LogP contribution in [0.4, 0.5) is 5.69 Å². The highest BCUT2D eigenvalue weighted by molar-refractivity contribution is 6.31. The van der Waals surface area contributed by atoms with Gasteiger partial charge in [-0.2, -0.15) is 0 Å². The van der Waals surface area contributed by atoms with E-state index in [0.29, 0.717) is 43.7 Å². The molecule has 3 rings (SSSR count). The van der Waals surface area contributed by atoms with E-state index in [-0.39, 0.29) is 18.4 Å². The number of ether oxygens (including phenoxy) is 1. The number of nitrogens with zero attached hydrogens (tertiary/aromatic N) is 5. The molecule has 8 nitrogen and oxygen atoms in total. The van der Waals surface area contributed by atoms with Crippen molar-refractivity contribution >= 4 is 29.1 Å². The zero-order chi connectivity index (χ0) is 23.8. The van der Waals surface area contributed by atoms with Crippen molar-refractivity contribution in [3.8, 4) is 0 Å². The molecular weight excluding hydrogens is 442 g/mol. The quantitative estimate of drug-likeness (QED) is 0.642. The van der Waals surface area contributed by atoms with Crippen molar-refractivity contribution in [3.63, 3.8) is 0 Å². The summed E-state index contributed by atoms with van der Waals surface area (Å²) in [5.41, 5.74) is 1.65. The third-order valence-corrected chi connectivity index (χ3v) is 6.21. The Bertz CT molecular complexity index is 919. The van der Waals surface area contributed by atoms with Crippen molar-refractivity contribution in [3.05, 3.63) is 47.5 Å². The first-order chi connectivity index (χ1) is 15.9. The number of methoxy groups -OCH3 is 1. The fraction of sp³-hybridized carbons (Fsp3) is 0.542. The van der Waals surface area contributed by atoms with Gasteiger partial charge in [0.05, 0.1) is 12.0 Å². The first kappa shape index (κ1) is 25.2. The monoisotopic (exact) mass is 475 g/mol. The Morgan fingerprint density at radius 3 is 2.67 bits per heavy atom. The van der Waals surface area contributed by atoms with Crippen molar-refractivity contribution in [1.82, 2.24) is 19.4 Å². The van der Waals surface area contributed by atoms with Gasteiger partial charge < -0.3 is 19.1 Å². The van der Waals surface area contributed by atoms with Crippen LogP contribution in [0.2, 0.25) is 5.02 Å². The number of amides is 2. The third kappa shape index (κ3) is 7.03.